The first-order valence-corrected chi connectivity index (χ1v) is 7.76. The van der Waals surface area contributed by atoms with E-state index in [0.29, 0.717) is 23.2 Å². The van der Waals surface area contributed by atoms with E-state index in [-0.39, 0.29) is 5.91 Å². The maximum Gasteiger partial charge on any atom is 0.263 e. The largest absolute Gasteiger partial charge is 0.397 e. The molecule has 0 spiro atoms. The Kier molecular flexibility index (Phi) is 3.79. The van der Waals surface area contributed by atoms with Gasteiger partial charge in [0.25, 0.3) is 5.91 Å². The molecule has 21 heavy (non-hydrogen) atoms. The van der Waals surface area contributed by atoms with Crippen molar-refractivity contribution in [2.24, 2.45) is 0 Å². The molecule has 0 atom stereocenters. The summed E-state index contributed by atoms with van der Waals surface area (Å²) in [6.07, 6.45) is 3.92. The molecule has 1 aliphatic carbocycles. The lowest BCUT2D eigenvalue weighted by Crippen LogP contribution is -2.25. The van der Waals surface area contributed by atoms with E-state index < -0.39 is 0 Å². The summed E-state index contributed by atoms with van der Waals surface area (Å²) in [5.74, 6) is -0.0579. The van der Waals surface area contributed by atoms with Crippen molar-refractivity contribution >= 4 is 27.9 Å². The number of nitrogens with one attached hydrogen (secondary N) is 1. The van der Waals surface area contributed by atoms with Gasteiger partial charge < -0.3 is 16.0 Å². The molecule has 2 aromatic heterocycles. The number of amides is 1. The minimum atomic E-state index is -0.0579. The fourth-order valence-corrected chi connectivity index (χ4v) is 2.99. The molecule has 0 radical (unpaired) electrons. The number of hydrogen-bond donors (Lipinski definition) is 2. The molecule has 5 nitrogen and oxygen atoms in total. The Labute approximate surface area is 127 Å². The van der Waals surface area contributed by atoms with E-state index >= 15 is 0 Å². The maximum absolute atomic E-state index is 12.1. The van der Waals surface area contributed by atoms with Crippen molar-refractivity contribution in [3.63, 3.8) is 0 Å². The number of rotatable bonds is 5. The Morgan fingerprint density at radius 2 is 2.33 bits per heavy atom. The van der Waals surface area contributed by atoms with Gasteiger partial charge in [-0.2, -0.15) is 0 Å². The first-order chi connectivity index (χ1) is 10.1. The quantitative estimate of drug-likeness (QED) is 0.888. The predicted molar refractivity (Wildman–Crippen MR) is 85.6 cm³/mol. The second-order valence-corrected chi connectivity index (χ2v) is 6.32. The summed E-state index contributed by atoms with van der Waals surface area (Å²) in [5.41, 5.74) is 7.50. The zero-order valence-corrected chi connectivity index (χ0v) is 12.7. The van der Waals surface area contributed by atoms with E-state index in [9.17, 15) is 4.79 Å². The van der Waals surface area contributed by atoms with Crippen LogP contribution in [0.4, 0.5) is 10.7 Å². The SMILES string of the molecule is CN(Cc1ccccn1)c1cc(N)c(C(=O)NC2CC2)s1. The molecule has 0 aromatic carbocycles. The second kappa shape index (κ2) is 5.73. The third-order valence-corrected chi connectivity index (χ3v) is 4.63. The molecule has 110 valence electrons. The topological polar surface area (TPSA) is 71.2 Å². The highest BCUT2D eigenvalue weighted by atomic mass is 32.1. The van der Waals surface area contributed by atoms with Gasteiger partial charge >= 0.3 is 0 Å². The molecule has 3 N–H and O–H groups in total. The normalized spacial score (nSPS) is 14.0. The van der Waals surface area contributed by atoms with Gasteiger partial charge in [-0.1, -0.05) is 6.07 Å². The molecule has 1 amide bonds. The second-order valence-electron chi connectivity index (χ2n) is 5.29. The van der Waals surface area contributed by atoms with Crippen LogP contribution in [0.2, 0.25) is 0 Å². The van der Waals surface area contributed by atoms with Crippen molar-refractivity contribution in [2.75, 3.05) is 17.7 Å². The van der Waals surface area contributed by atoms with Crippen LogP contribution in [-0.4, -0.2) is 24.0 Å². The van der Waals surface area contributed by atoms with Gasteiger partial charge in [0.2, 0.25) is 0 Å². The van der Waals surface area contributed by atoms with Crippen molar-refractivity contribution in [1.29, 1.82) is 0 Å². The van der Waals surface area contributed by atoms with Gasteiger partial charge in [0.15, 0.2) is 0 Å². The third kappa shape index (κ3) is 3.33. The molecule has 0 saturated heterocycles. The number of nitrogens with two attached hydrogens (primary N) is 1. The van der Waals surface area contributed by atoms with Gasteiger partial charge in [-0.05, 0) is 31.0 Å². The van der Waals surface area contributed by atoms with Crippen LogP contribution in [0.1, 0.15) is 28.2 Å². The van der Waals surface area contributed by atoms with Crippen molar-refractivity contribution in [1.82, 2.24) is 10.3 Å². The molecule has 0 aliphatic heterocycles. The lowest BCUT2D eigenvalue weighted by molar-refractivity contribution is 0.0956. The number of aromatic nitrogens is 1. The van der Waals surface area contributed by atoms with E-state index in [2.05, 4.69) is 15.2 Å². The molecule has 0 bridgehead atoms. The summed E-state index contributed by atoms with van der Waals surface area (Å²) in [6, 6.07) is 8.04. The van der Waals surface area contributed by atoms with E-state index in [1.165, 1.54) is 11.3 Å². The van der Waals surface area contributed by atoms with Crippen molar-refractivity contribution in [2.45, 2.75) is 25.4 Å². The van der Waals surface area contributed by atoms with Gasteiger partial charge in [-0.25, -0.2) is 0 Å². The maximum atomic E-state index is 12.1. The van der Waals surface area contributed by atoms with Gasteiger partial charge in [-0.3, -0.25) is 9.78 Å². The summed E-state index contributed by atoms with van der Waals surface area (Å²) in [5, 5.41) is 3.94. The molecule has 2 heterocycles. The summed E-state index contributed by atoms with van der Waals surface area (Å²) >= 11 is 1.43. The fraction of sp³-hybridized carbons (Fsp3) is 0.333. The van der Waals surface area contributed by atoms with Crippen LogP contribution in [0.15, 0.2) is 30.5 Å². The average Bonchev–Trinajstić information content (AvgIpc) is 3.19. The fourth-order valence-electron chi connectivity index (χ4n) is 2.05. The number of nitrogen functional groups attached to an aromatic ring is 1. The number of hydrogen-bond acceptors (Lipinski definition) is 5. The lowest BCUT2D eigenvalue weighted by atomic mass is 10.3. The van der Waals surface area contributed by atoms with E-state index in [1.807, 2.05) is 31.3 Å². The van der Waals surface area contributed by atoms with E-state index in [1.54, 1.807) is 6.20 Å². The van der Waals surface area contributed by atoms with Crippen molar-refractivity contribution < 1.29 is 4.79 Å². The highest BCUT2D eigenvalue weighted by Gasteiger charge is 2.26. The molecule has 3 rings (SSSR count). The molecular weight excluding hydrogens is 284 g/mol. The number of thiophene rings is 1. The average molecular weight is 302 g/mol. The highest BCUT2D eigenvalue weighted by Crippen LogP contribution is 2.33. The smallest absolute Gasteiger partial charge is 0.263 e. The van der Waals surface area contributed by atoms with Gasteiger partial charge in [-0.15, -0.1) is 11.3 Å². The standard InChI is InChI=1S/C15H18N4OS/c1-19(9-11-4-2-3-7-17-11)13-8-12(16)14(21-13)15(20)18-10-5-6-10/h2-4,7-8,10H,5-6,9,16H2,1H3,(H,18,20). The van der Waals surface area contributed by atoms with Crippen molar-refractivity contribution in [3.05, 3.63) is 41.0 Å². The summed E-state index contributed by atoms with van der Waals surface area (Å²) in [4.78, 5) is 19.1. The Hall–Kier alpha value is -2.08. The van der Waals surface area contributed by atoms with Crippen LogP contribution in [0, 0.1) is 0 Å². The highest BCUT2D eigenvalue weighted by molar-refractivity contribution is 7.18. The minimum Gasteiger partial charge on any atom is -0.397 e. The molecule has 2 aromatic rings. The Bertz CT molecular complexity index is 636. The van der Waals surface area contributed by atoms with Crippen LogP contribution in [0.25, 0.3) is 0 Å². The monoisotopic (exact) mass is 302 g/mol. The van der Waals surface area contributed by atoms with Crippen LogP contribution in [0.3, 0.4) is 0 Å². The first-order valence-electron chi connectivity index (χ1n) is 6.94. The molecule has 1 saturated carbocycles. The van der Waals surface area contributed by atoms with Gasteiger partial charge in [0, 0.05) is 19.3 Å². The number of nitrogens with zero attached hydrogens (tertiary/aromatic N) is 2. The molecule has 1 fully saturated rings. The Morgan fingerprint density at radius 1 is 1.52 bits per heavy atom. The number of pyridine rings is 1. The van der Waals surface area contributed by atoms with Gasteiger partial charge in [0.05, 0.1) is 22.9 Å². The Morgan fingerprint density at radius 3 is 3.00 bits per heavy atom. The summed E-state index contributed by atoms with van der Waals surface area (Å²) in [6.45, 7) is 0.685. The molecule has 1 aliphatic rings. The molecule has 0 unspecified atom stereocenters. The minimum absolute atomic E-state index is 0.0579. The van der Waals surface area contributed by atoms with Crippen LogP contribution < -0.4 is 16.0 Å². The van der Waals surface area contributed by atoms with Crippen LogP contribution in [0.5, 0.6) is 0 Å². The zero-order chi connectivity index (χ0) is 14.8. The van der Waals surface area contributed by atoms with Gasteiger partial charge in [0.1, 0.15) is 4.88 Å². The van der Waals surface area contributed by atoms with Crippen LogP contribution >= 0.6 is 11.3 Å². The zero-order valence-electron chi connectivity index (χ0n) is 11.9. The Balaban J connectivity index is 1.71. The first kappa shape index (κ1) is 13.9. The molecule has 6 heteroatoms. The summed E-state index contributed by atoms with van der Waals surface area (Å²) in [7, 11) is 1.97. The van der Waals surface area contributed by atoms with E-state index in [0.717, 1.165) is 23.5 Å². The third-order valence-electron chi connectivity index (χ3n) is 3.37. The number of carbonyl (C=O) groups excluding carboxylic acids is 1. The summed E-state index contributed by atoms with van der Waals surface area (Å²) < 4.78 is 0. The number of carbonyl (C=O) groups is 1. The molecular formula is C15H18N4OS. The van der Waals surface area contributed by atoms with Crippen LogP contribution in [-0.2, 0) is 6.54 Å². The number of anilines is 2. The predicted octanol–water partition coefficient (Wildman–Crippen LogP) is 2.25. The lowest BCUT2D eigenvalue weighted by Gasteiger charge is -2.16. The van der Waals surface area contributed by atoms with Crippen molar-refractivity contribution in [3.8, 4) is 0 Å². The van der Waals surface area contributed by atoms with E-state index in [4.69, 9.17) is 5.73 Å².